The van der Waals surface area contributed by atoms with Crippen LogP contribution in [-0.4, -0.2) is 33.3 Å². The average Bonchev–Trinajstić information content (AvgIpc) is 2.69. The quantitative estimate of drug-likeness (QED) is 0.172. The van der Waals surface area contributed by atoms with E-state index in [4.69, 9.17) is 9.47 Å². The van der Waals surface area contributed by atoms with Crippen molar-refractivity contribution in [3.63, 3.8) is 0 Å². The number of rotatable bonds is 8. The summed E-state index contributed by atoms with van der Waals surface area (Å²) >= 11 is 0. The number of ether oxygens (including phenoxy) is 2. The summed E-state index contributed by atoms with van der Waals surface area (Å²) in [5, 5.41) is 5.84. The largest absolute Gasteiger partial charge is 0.491 e. The van der Waals surface area contributed by atoms with Gasteiger partial charge in [-0.25, -0.2) is 4.39 Å². The van der Waals surface area contributed by atoms with Crippen molar-refractivity contribution in [3.05, 3.63) is 65.0 Å². The molecule has 0 aliphatic heterocycles. The molecule has 0 spiro atoms. The minimum absolute atomic E-state index is 0. The summed E-state index contributed by atoms with van der Waals surface area (Å²) in [5.74, 6) is 0.0646. The van der Waals surface area contributed by atoms with E-state index < -0.39 is 17.6 Å². The van der Waals surface area contributed by atoms with Crippen LogP contribution < -0.4 is 15.4 Å². The standard InChI is InChI=1S/C20H23F4N3O2.HI/c1-25-19(26-12-14-4-3-5-17(10-14)29-9-8-28-2)27-13-15-6-7-16(21)11-18(15)20(22,23)24;/h3-7,10-11H,8-9,12-13H2,1-2H3,(H2,25,26,27);1H. The first-order valence-electron chi connectivity index (χ1n) is 8.84. The Labute approximate surface area is 189 Å². The second-order valence-corrected chi connectivity index (χ2v) is 6.07. The predicted molar refractivity (Wildman–Crippen MR) is 118 cm³/mol. The fraction of sp³-hybridized carbons (Fsp3) is 0.350. The van der Waals surface area contributed by atoms with Crippen LogP contribution in [0.1, 0.15) is 16.7 Å². The third-order valence-corrected chi connectivity index (χ3v) is 3.96. The highest BCUT2D eigenvalue weighted by atomic mass is 127. The molecule has 0 aromatic heterocycles. The summed E-state index contributed by atoms with van der Waals surface area (Å²) in [6.07, 6.45) is -4.64. The van der Waals surface area contributed by atoms with Gasteiger partial charge in [-0.1, -0.05) is 18.2 Å². The van der Waals surface area contributed by atoms with Crippen molar-refractivity contribution in [3.8, 4) is 5.75 Å². The maximum atomic E-state index is 13.2. The Hall–Kier alpha value is -2.08. The molecule has 0 atom stereocenters. The van der Waals surface area contributed by atoms with Gasteiger partial charge >= 0.3 is 6.18 Å². The summed E-state index contributed by atoms with van der Waals surface area (Å²) in [4.78, 5) is 4.00. The molecule has 0 aliphatic carbocycles. The zero-order chi connectivity index (χ0) is 21.3. The van der Waals surface area contributed by atoms with Crippen molar-refractivity contribution in [1.82, 2.24) is 10.6 Å². The molecule has 0 amide bonds. The second-order valence-electron chi connectivity index (χ2n) is 6.07. The van der Waals surface area contributed by atoms with E-state index in [1.165, 1.54) is 7.05 Å². The van der Waals surface area contributed by atoms with Gasteiger partial charge in [0.15, 0.2) is 5.96 Å². The molecular weight excluding hydrogens is 517 g/mol. The Balaban J connectivity index is 0.00000450. The molecule has 5 nitrogen and oxygen atoms in total. The minimum Gasteiger partial charge on any atom is -0.491 e. The summed E-state index contributed by atoms with van der Waals surface area (Å²) in [6.45, 7) is 1.13. The predicted octanol–water partition coefficient (Wildman–Crippen LogP) is 4.35. The summed E-state index contributed by atoms with van der Waals surface area (Å²) in [5.41, 5.74) is -0.183. The molecule has 10 heteroatoms. The van der Waals surface area contributed by atoms with E-state index in [0.29, 0.717) is 37.5 Å². The average molecular weight is 541 g/mol. The maximum Gasteiger partial charge on any atom is 0.416 e. The molecular formula is C20H24F4IN3O2. The maximum absolute atomic E-state index is 13.2. The molecule has 0 bridgehead atoms. The Bertz CT molecular complexity index is 832. The third kappa shape index (κ3) is 8.34. The van der Waals surface area contributed by atoms with Crippen molar-refractivity contribution in [2.75, 3.05) is 27.4 Å². The van der Waals surface area contributed by atoms with Gasteiger partial charge in [0, 0.05) is 27.2 Å². The third-order valence-electron chi connectivity index (χ3n) is 3.96. The molecule has 166 valence electrons. The number of nitrogens with zero attached hydrogens (tertiary/aromatic N) is 1. The summed E-state index contributed by atoms with van der Waals surface area (Å²) in [6, 6.07) is 9.98. The molecule has 0 saturated heterocycles. The fourth-order valence-electron chi connectivity index (χ4n) is 2.54. The Morgan fingerprint density at radius 2 is 1.77 bits per heavy atom. The highest BCUT2D eigenvalue weighted by molar-refractivity contribution is 14.0. The van der Waals surface area contributed by atoms with Gasteiger partial charge in [-0.05, 0) is 35.4 Å². The molecule has 0 fully saturated rings. The van der Waals surface area contributed by atoms with Gasteiger partial charge in [0.25, 0.3) is 0 Å². The monoisotopic (exact) mass is 541 g/mol. The number of halogens is 5. The zero-order valence-corrected chi connectivity index (χ0v) is 18.9. The first kappa shape index (κ1) is 26.0. The van der Waals surface area contributed by atoms with Gasteiger partial charge in [0.2, 0.25) is 0 Å². The molecule has 2 aromatic rings. The Morgan fingerprint density at radius 3 is 2.43 bits per heavy atom. The molecule has 0 heterocycles. The van der Waals surface area contributed by atoms with E-state index in [0.717, 1.165) is 17.7 Å². The number of guanidine groups is 1. The normalized spacial score (nSPS) is 11.6. The number of hydrogen-bond acceptors (Lipinski definition) is 3. The molecule has 2 rings (SSSR count). The highest BCUT2D eigenvalue weighted by Gasteiger charge is 2.33. The van der Waals surface area contributed by atoms with E-state index in [9.17, 15) is 17.6 Å². The van der Waals surface area contributed by atoms with Crippen LogP contribution in [0, 0.1) is 5.82 Å². The van der Waals surface area contributed by atoms with Crippen LogP contribution in [0.4, 0.5) is 17.6 Å². The van der Waals surface area contributed by atoms with Gasteiger partial charge in [0.05, 0.1) is 12.2 Å². The molecule has 0 aliphatic rings. The van der Waals surface area contributed by atoms with Gasteiger partial charge in [-0.2, -0.15) is 13.2 Å². The van der Waals surface area contributed by atoms with Crippen LogP contribution in [-0.2, 0) is 24.0 Å². The van der Waals surface area contributed by atoms with Crippen LogP contribution in [0.2, 0.25) is 0 Å². The molecule has 2 N–H and O–H groups in total. The van der Waals surface area contributed by atoms with Crippen LogP contribution in [0.25, 0.3) is 0 Å². The first-order chi connectivity index (χ1) is 13.8. The van der Waals surface area contributed by atoms with Crippen molar-refractivity contribution < 1.29 is 27.0 Å². The van der Waals surface area contributed by atoms with E-state index >= 15 is 0 Å². The van der Waals surface area contributed by atoms with Gasteiger partial charge in [-0.3, -0.25) is 4.99 Å². The van der Waals surface area contributed by atoms with Crippen molar-refractivity contribution in [2.24, 2.45) is 4.99 Å². The minimum atomic E-state index is -4.64. The van der Waals surface area contributed by atoms with E-state index in [-0.39, 0.29) is 36.1 Å². The Kier molecular flexibility index (Phi) is 10.9. The SMILES string of the molecule is CN=C(NCc1cccc(OCCOC)c1)NCc1ccc(F)cc1C(F)(F)F.I. The van der Waals surface area contributed by atoms with Crippen molar-refractivity contribution in [2.45, 2.75) is 19.3 Å². The van der Waals surface area contributed by atoms with E-state index in [2.05, 4.69) is 15.6 Å². The highest BCUT2D eigenvalue weighted by Crippen LogP contribution is 2.32. The lowest BCUT2D eigenvalue weighted by molar-refractivity contribution is -0.138. The summed E-state index contributed by atoms with van der Waals surface area (Å²) < 4.78 is 63.0. The first-order valence-corrected chi connectivity index (χ1v) is 8.84. The molecule has 0 saturated carbocycles. The fourth-order valence-corrected chi connectivity index (χ4v) is 2.54. The lowest BCUT2D eigenvalue weighted by Gasteiger charge is -2.16. The number of aliphatic imine (C=N–C) groups is 1. The van der Waals surface area contributed by atoms with Gasteiger partial charge < -0.3 is 20.1 Å². The zero-order valence-electron chi connectivity index (χ0n) is 16.6. The molecule has 2 aromatic carbocycles. The van der Waals surface area contributed by atoms with Gasteiger partial charge in [0.1, 0.15) is 18.2 Å². The number of methoxy groups -OCH3 is 1. The van der Waals surface area contributed by atoms with E-state index in [1.807, 2.05) is 24.3 Å². The van der Waals surface area contributed by atoms with Crippen LogP contribution in [0.5, 0.6) is 5.75 Å². The number of alkyl halides is 3. The lowest BCUT2D eigenvalue weighted by Crippen LogP contribution is -2.36. The number of hydrogen-bond donors (Lipinski definition) is 2. The lowest BCUT2D eigenvalue weighted by atomic mass is 10.1. The molecule has 0 radical (unpaired) electrons. The van der Waals surface area contributed by atoms with Crippen molar-refractivity contribution >= 4 is 29.9 Å². The molecule has 30 heavy (non-hydrogen) atoms. The topological polar surface area (TPSA) is 54.9 Å². The summed E-state index contributed by atoms with van der Waals surface area (Å²) in [7, 11) is 3.10. The smallest absolute Gasteiger partial charge is 0.416 e. The molecule has 0 unspecified atom stereocenters. The second kappa shape index (κ2) is 12.6. The Morgan fingerprint density at radius 1 is 1.03 bits per heavy atom. The van der Waals surface area contributed by atoms with Gasteiger partial charge in [-0.15, -0.1) is 24.0 Å². The van der Waals surface area contributed by atoms with Crippen LogP contribution in [0.3, 0.4) is 0 Å². The van der Waals surface area contributed by atoms with Crippen LogP contribution >= 0.6 is 24.0 Å². The number of nitrogens with one attached hydrogen (secondary N) is 2. The van der Waals surface area contributed by atoms with E-state index in [1.54, 1.807) is 7.11 Å². The van der Waals surface area contributed by atoms with Crippen LogP contribution in [0.15, 0.2) is 47.5 Å². The number of benzene rings is 2. The van der Waals surface area contributed by atoms with Crippen molar-refractivity contribution in [1.29, 1.82) is 0 Å².